The standard InChI is InChI=1S/C22H29N5O3/c1-25-10-6-18(7-11-25)30-19-5-4-17(16-20(19)29-2)21(28)26-12-14-27(15-13-26)22-23-8-3-9-24-22/h3-5,8-9,16,18H,6-7,10-15H2,1-2H3. The SMILES string of the molecule is COc1cc(C(=O)N2CCN(c3ncccn3)CC2)ccc1OC1CCN(C)CC1. The molecule has 1 amide bonds. The normalized spacial score (nSPS) is 18.3. The molecule has 2 aliphatic rings. The van der Waals surface area contributed by atoms with E-state index in [-0.39, 0.29) is 12.0 Å². The summed E-state index contributed by atoms with van der Waals surface area (Å²) in [6.07, 6.45) is 5.65. The number of carbonyl (C=O) groups is 1. The van der Waals surface area contributed by atoms with Crippen LogP contribution in [0, 0.1) is 0 Å². The van der Waals surface area contributed by atoms with Crippen molar-refractivity contribution < 1.29 is 14.3 Å². The summed E-state index contributed by atoms with van der Waals surface area (Å²) in [7, 11) is 3.74. The van der Waals surface area contributed by atoms with Crippen LogP contribution in [-0.2, 0) is 0 Å². The minimum absolute atomic E-state index is 0.00720. The van der Waals surface area contributed by atoms with E-state index in [9.17, 15) is 4.79 Å². The van der Waals surface area contributed by atoms with E-state index in [1.54, 1.807) is 31.6 Å². The van der Waals surface area contributed by atoms with Gasteiger partial charge in [0.15, 0.2) is 11.5 Å². The Morgan fingerprint density at radius 3 is 2.37 bits per heavy atom. The van der Waals surface area contributed by atoms with Gasteiger partial charge in [0.25, 0.3) is 5.91 Å². The second-order valence-corrected chi connectivity index (χ2v) is 7.81. The molecule has 0 spiro atoms. The summed E-state index contributed by atoms with van der Waals surface area (Å²) in [5.41, 5.74) is 0.618. The number of methoxy groups -OCH3 is 1. The number of nitrogens with zero attached hydrogens (tertiary/aromatic N) is 5. The van der Waals surface area contributed by atoms with Crippen molar-refractivity contribution in [2.45, 2.75) is 18.9 Å². The van der Waals surface area contributed by atoms with Crippen LogP contribution < -0.4 is 14.4 Å². The number of ether oxygens (including phenoxy) is 2. The lowest BCUT2D eigenvalue weighted by Gasteiger charge is -2.34. The number of likely N-dealkylation sites (tertiary alicyclic amines) is 1. The third-order valence-electron chi connectivity index (χ3n) is 5.77. The first kappa shape index (κ1) is 20.4. The third-order valence-corrected chi connectivity index (χ3v) is 5.77. The van der Waals surface area contributed by atoms with Gasteiger partial charge in [-0.05, 0) is 44.2 Å². The largest absolute Gasteiger partial charge is 0.493 e. The number of benzene rings is 1. The Bertz CT molecular complexity index is 847. The van der Waals surface area contributed by atoms with Gasteiger partial charge in [0.1, 0.15) is 6.10 Å². The Morgan fingerprint density at radius 2 is 1.70 bits per heavy atom. The topological polar surface area (TPSA) is 71.0 Å². The zero-order valence-corrected chi connectivity index (χ0v) is 17.7. The highest BCUT2D eigenvalue weighted by atomic mass is 16.5. The Kier molecular flexibility index (Phi) is 6.32. The van der Waals surface area contributed by atoms with E-state index in [0.29, 0.717) is 49.2 Å². The van der Waals surface area contributed by atoms with E-state index in [0.717, 1.165) is 25.9 Å². The molecule has 1 aromatic heterocycles. The monoisotopic (exact) mass is 411 g/mol. The first-order valence-corrected chi connectivity index (χ1v) is 10.5. The van der Waals surface area contributed by atoms with E-state index in [1.807, 2.05) is 17.0 Å². The van der Waals surface area contributed by atoms with Gasteiger partial charge in [-0.3, -0.25) is 4.79 Å². The lowest BCUT2D eigenvalue weighted by Crippen LogP contribution is -2.49. The van der Waals surface area contributed by atoms with Crippen molar-refractivity contribution in [3.05, 3.63) is 42.2 Å². The van der Waals surface area contributed by atoms with Crippen LogP contribution in [0.25, 0.3) is 0 Å². The van der Waals surface area contributed by atoms with Crippen LogP contribution in [0.5, 0.6) is 11.5 Å². The number of piperidine rings is 1. The van der Waals surface area contributed by atoms with Crippen molar-refractivity contribution in [2.24, 2.45) is 0 Å². The fourth-order valence-electron chi connectivity index (χ4n) is 3.93. The van der Waals surface area contributed by atoms with Gasteiger partial charge in [0.05, 0.1) is 7.11 Å². The van der Waals surface area contributed by atoms with Gasteiger partial charge in [-0.15, -0.1) is 0 Å². The van der Waals surface area contributed by atoms with Gasteiger partial charge in [-0.1, -0.05) is 0 Å². The lowest BCUT2D eigenvalue weighted by molar-refractivity contribution is 0.0745. The van der Waals surface area contributed by atoms with Crippen molar-refractivity contribution in [3.63, 3.8) is 0 Å². The molecular weight excluding hydrogens is 382 g/mol. The van der Waals surface area contributed by atoms with E-state index in [2.05, 4.69) is 26.8 Å². The molecule has 30 heavy (non-hydrogen) atoms. The van der Waals surface area contributed by atoms with E-state index < -0.39 is 0 Å². The number of hydrogen-bond acceptors (Lipinski definition) is 7. The smallest absolute Gasteiger partial charge is 0.254 e. The summed E-state index contributed by atoms with van der Waals surface area (Å²) < 4.78 is 11.7. The minimum Gasteiger partial charge on any atom is -0.493 e. The van der Waals surface area contributed by atoms with Crippen LogP contribution in [0.2, 0.25) is 0 Å². The van der Waals surface area contributed by atoms with E-state index in [1.165, 1.54) is 0 Å². The molecule has 0 atom stereocenters. The van der Waals surface area contributed by atoms with Crippen LogP contribution in [-0.4, -0.2) is 85.2 Å². The number of carbonyl (C=O) groups excluding carboxylic acids is 1. The predicted octanol–water partition coefficient (Wildman–Crippen LogP) is 1.92. The average Bonchev–Trinajstić information content (AvgIpc) is 2.81. The lowest BCUT2D eigenvalue weighted by atomic mass is 10.1. The number of piperazine rings is 1. The second kappa shape index (κ2) is 9.30. The second-order valence-electron chi connectivity index (χ2n) is 7.81. The van der Waals surface area contributed by atoms with Crippen molar-refractivity contribution in [1.29, 1.82) is 0 Å². The summed E-state index contributed by atoms with van der Waals surface area (Å²) in [5.74, 6) is 2.03. The van der Waals surface area contributed by atoms with Crippen molar-refractivity contribution in [1.82, 2.24) is 19.8 Å². The van der Waals surface area contributed by atoms with Gasteiger partial charge >= 0.3 is 0 Å². The molecule has 4 rings (SSSR count). The maximum absolute atomic E-state index is 13.0. The first-order chi connectivity index (χ1) is 14.6. The quantitative estimate of drug-likeness (QED) is 0.744. The molecule has 2 aliphatic heterocycles. The van der Waals surface area contributed by atoms with Crippen LogP contribution >= 0.6 is 0 Å². The molecule has 0 unspecified atom stereocenters. The average molecular weight is 412 g/mol. The van der Waals surface area contributed by atoms with Crippen LogP contribution in [0.15, 0.2) is 36.7 Å². The zero-order chi connectivity index (χ0) is 20.9. The molecule has 160 valence electrons. The molecule has 0 aliphatic carbocycles. The summed E-state index contributed by atoms with van der Waals surface area (Å²) in [4.78, 5) is 27.9. The molecular formula is C22H29N5O3. The molecule has 0 saturated carbocycles. The molecule has 2 aromatic rings. The highest BCUT2D eigenvalue weighted by molar-refractivity contribution is 5.95. The van der Waals surface area contributed by atoms with E-state index >= 15 is 0 Å². The van der Waals surface area contributed by atoms with Gasteiger partial charge in [0, 0.05) is 57.2 Å². The van der Waals surface area contributed by atoms with Gasteiger partial charge < -0.3 is 24.2 Å². The van der Waals surface area contributed by atoms with Crippen molar-refractivity contribution in [3.8, 4) is 11.5 Å². The molecule has 0 bridgehead atoms. The van der Waals surface area contributed by atoms with Crippen molar-refractivity contribution in [2.75, 3.05) is 58.3 Å². The Hall–Kier alpha value is -2.87. The first-order valence-electron chi connectivity index (χ1n) is 10.5. The summed E-state index contributed by atoms with van der Waals surface area (Å²) >= 11 is 0. The molecule has 2 saturated heterocycles. The molecule has 3 heterocycles. The van der Waals surface area contributed by atoms with Crippen LogP contribution in [0.4, 0.5) is 5.95 Å². The molecule has 8 nitrogen and oxygen atoms in total. The number of amides is 1. The minimum atomic E-state index is 0.00720. The molecule has 0 N–H and O–H groups in total. The van der Waals surface area contributed by atoms with Gasteiger partial charge in [-0.25, -0.2) is 9.97 Å². The molecule has 1 aromatic carbocycles. The highest BCUT2D eigenvalue weighted by Crippen LogP contribution is 2.31. The van der Waals surface area contributed by atoms with E-state index in [4.69, 9.17) is 9.47 Å². The Labute approximate surface area is 177 Å². The maximum atomic E-state index is 13.0. The summed E-state index contributed by atoms with van der Waals surface area (Å²) in [6, 6.07) is 7.29. The number of aromatic nitrogens is 2. The summed E-state index contributed by atoms with van der Waals surface area (Å²) in [5, 5.41) is 0. The number of hydrogen-bond donors (Lipinski definition) is 0. The molecule has 0 radical (unpaired) electrons. The molecule has 8 heteroatoms. The fraction of sp³-hybridized carbons (Fsp3) is 0.500. The van der Waals surface area contributed by atoms with Crippen LogP contribution in [0.1, 0.15) is 23.2 Å². The summed E-state index contributed by atoms with van der Waals surface area (Å²) in [6.45, 7) is 4.75. The van der Waals surface area contributed by atoms with Gasteiger partial charge in [-0.2, -0.15) is 0 Å². The number of rotatable bonds is 5. The highest BCUT2D eigenvalue weighted by Gasteiger charge is 2.25. The Balaban J connectivity index is 1.38. The van der Waals surface area contributed by atoms with Crippen molar-refractivity contribution >= 4 is 11.9 Å². The zero-order valence-electron chi connectivity index (χ0n) is 17.7. The predicted molar refractivity (Wildman–Crippen MR) is 114 cm³/mol. The fourth-order valence-corrected chi connectivity index (χ4v) is 3.93. The maximum Gasteiger partial charge on any atom is 0.254 e. The Morgan fingerprint density at radius 1 is 1.00 bits per heavy atom. The molecule has 2 fully saturated rings. The number of anilines is 1. The van der Waals surface area contributed by atoms with Gasteiger partial charge in [0.2, 0.25) is 5.95 Å². The van der Waals surface area contributed by atoms with Crippen LogP contribution in [0.3, 0.4) is 0 Å². The third kappa shape index (κ3) is 4.64.